The van der Waals surface area contributed by atoms with Gasteiger partial charge < -0.3 is 0 Å². The molecule has 3 rings (SSSR count). The highest BCUT2D eigenvalue weighted by molar-refractivity contribution is 5.76. The Morgan fingerprint density at radius 2 is 1.61 bits per heavy atom. The summed E-state index contributed by atoms with van der Waals surface area (Å²) in [6.07, 6.45) is 0. The zero-order chi connectivity index (χ0) is 12.7. The number of hydrogen-bond acceptors (Lipinski definition) is 0. The number of para-hydroxylation sites is 2. The third-order valence-corrected chi connectivity index (χ3v) is 3.63. The zero-order valence-electron chi connectivity index (χ0n) is 11.0. The van der Waals surface area contributed by atoms with Crippen LogP contribution in [0.15, 0.2) is 48.5 Å². The first-order chi connectivity index (χ1) is 8.70. The Kier molecular flexibility index (Phi) is 2.44. The predicted molar refractivity (Wildman–Crippen MR) is 74.3 cm³/mol. The molecular weight excluding hydrogens is 220 g/mol. The van der Waals surface area contributed by atoms with Crippen molar-refractivity contribution in [2.45, 2.75) is 6.92 Å². The first-order valence-corrected chi connectivity index (χ1v) is 6.19. The summed E-state index contributed by atoms with van der Waals surface area (Å²) in [6.45, 7) is 2.16. The second-order valence-electron chi connectivity index (χ2n) is 4.75. The fraction of sp³-hybridized carbons (Fsp3) is 0.188. The van der Waals surface area contributed by atoms with E-state index in [0.717, 1.165) is 0 Å². The van der Waals surface area contributed by atoms with Crippen LogP contribution in [0.25, 0.3) is 22.4 Å². The molecule has 1 heterocycles. The van der Waals surface area contributed by atoms with Gasteiger partial charge in [0.15, 0.2) is 11.0 Å². The fourth-order valence-corrected chi connectivity index (χ4v) is 2.67. The summed E-state index contributed by atoms with van der Waals surface area (Å²) in [4.78, 5) is 0. The second-order valence-corrected chi connectivity index (χ2v) is 4.75. The number of benzene rings is 2. The number of aryl methyl sites for hydroxylation is 3. The number of rotatable bonds is 1. The van der Waals surface area contributed by atoms with E-state index in [9.17, 15) is 0 Å². The van der Waals surface area contributed by atoms with Gasteiger partial charge in [-0.1, -0.05) is 30.3 Å². The van der Waals surface area contributed by atoms with E-state index >= 15 is 0 Å². The molecule has 0 spiro atoms. The molecule has 0 bridgehead atoms. The summed E-state index contributed by atoms with van der Waals surface area (Å²) < 4.78 is 4.52. The summed E-state index contributed by atoms with van der Waals surface area (Å²) in [5, 5.41) is 0. The molecule has 2 heteroatoms. The summed E-state index contributed by atoms with van der Waals surface area (Å²) >= 11 is 0. The molecule has 18 heavy (non-hydrogen) atoms. The highest BCUT2D eigenvalue weighted by Crippen LogP contribution is 2.23. The quantitative estimate of drug-likeness (QED) is 0.575. The van der Waals surface area contributed by atoms with E-state index in [0.29, 0.717) is 0 Å². The summed E-state index contributed by atoms with van der Waals surface area (Å²) in [5.41, 5.74) is 5.12. The van der Waals surface area contributed by atoms with Crippen molar-refractivity contribution in [3.63, 3.8) is 0 Å². The Hall–Kier alpha value is -2.09. The van der Waals surface area contributed by atoms with Gasteiger partial charge in [-0.3, -0.25) is 0 Å². The van der Waals surface area contributed by atoms with Gasteiger partial charge in [0, 0.05) is 0 Å². The Balaban J connectivity index is 2.40. The van der Waals surface area contributed by atoms with E-state index in [1.807, 2.05) is 0 Å². The second kappa shape index (κ2) is 3.98. The Labute approximate surface area is 107 Å². The molecule has 0 aliphatic heterocycles. The molecule has 0 aliphatic carbocycles. The highest BCUT2D eigenvalue weighted by Gasteiger charge is 2.21. The van der Waals surface area contributed by atoms with Crippen molar-refractivity contribution >= 4 is 11.0 Å². The van der Waals surface area contributed by atoms with Gasteiger partial charge in [0.25, 0.3) is 5.82 Å². The molecular formula is C16H17N2+. The van der Waals surface area contributed by atoms with Gasteiger partial charge in [0.2, 0.25) is 0 Å². The van der Waals surface area contributed by atoms with E-state index in [1.54, 1.807) is 0 Å². The topological polar surface area (TPSA) is 8.81 Å². The van der Waals surface area contributed by atoms with Crippen molar-refractivity contribution < 1.29 is 4.57 Å². The van der Waals surface area contributed by atoms with Crippen molar-refractivity contribution in [3.8, 4) is 11.4 Å². The Morgan fingerprint density at radius 3 is 2.33 bits per heavy atom. The third-order valence-electron chi connectivity index (χ3n) is 3.63. The van der Waals surface area contributed by atoms with Crippen LogP contribution in [0.5, 0.6) is 0 Å². The van der Waals surface area contributed by atoms with Crippen LogP contribution in [0, 0.1) is 6.92 Å². The van der Waals surface area contributed by atoms with Crippen LogP contribution in [0.3, 0.4) is 0 Å². The van der Waals surface area contributed by atoms with Crippen molar-refractivity contribution in [3.05, 3.63) is 54.1 Å². The molecule has 0 saturated heterocycles. The van der Waals surface area contributed by atoms with Gasteiger partial charge in [0.05, 0.1) is 19.7 Å². The molecule has 0 unspecified atom stereocenters. The van der Waals surface area contributed by atoms with Crippen LogP contribution >= 0.6 is 0 Å². The summed E-state index contributed by atoms with van der Waals surface area (Å²) in [7, 11) is 4.26. The minimum Gasteiger partial charge on any atom is -0.226 e. The molecule has 90 valence electrons. The van der Waals surface area contributed by atoms with Crippen LogP contribution in [0.2, 0.25) is 0 Å². The third kappa shape index (κ3) is 1.46. The van der Waals surface area contributed by atoms with Gasteiger partial charge in [-0.05, 0) is 30.7 Å². The summed E-state index contributed by atoms with van der Waals surface area (Å²) in [5.74, 6) is 1.24. The maximum atomic E-state index is 2.26. The standard InChI is InChI=1S/C16H17N2/c1-12-8-4-5-9-13(12)16-17(2)14-10-6-7-11-15(14)18(16)3/h4-11H,1-3H3/q+1. The normalized spacial score (nSPS) is 11.1. The smallest absolute Gasteiger partial charge is 0.226 e. The van der Waals surface area contributed by atoms with Gasteiger partial charge in [-0.25, -0.2) is 9.13 Å². The van der Waals surface area contributed by atoms with Crippen LogP contribution in [0.1, 0.15) is 5.56 Å². The number of imidazole rings is 1. The highest BCUT2D eigenvalue weighted by atomic mass is 15.1. The van der Waals surface area contributed by atoms with Crippen molar-refractivity contribution in [2.24, 2.45) is 14.1 Å². The zero-order valence-corrected chi connectivity index (χ0v) is 11.0. The largest absolute Gasteiger partial charge is 0.289 e. The Morgan fingerprint density at radius 1 is 0.944 bits per heavy atom. The fourth-order valence-electron chi connectivity index (χ4n) is 2.67. The number of fused-ring (bicyclic) bond motifs is 1. The van der Waals surface area contributed by atoms with E-state index < -0.39 is 0 Å². The predicted octanol–water partition coefficient (Wildman–Crippen LogP) is 2.98. The number of aromatic nitrogens is 2. The van der Waals surface area contributed by atoms with Crippen molar-refractivity contribution in [1.29, 1.82) is 0 Å². The molecule has 0 N–H and O–H groups in total. The average molecular weight is 237 g/mol. The van der Waals surface area contributed by atoms with Gasteiger partial charge in [0.1, 0.15) is 0 Å². The molecule has 1 aromatic heterocycles. The van der Waals surface area contributed by atoms with Crippen LogP contribution in [-0.4, -0.2) is 4.57 Å². The van der Waals surface area contributed by atoms with Gasteiger partial charge in [-0.2, -0.15) is 0 Å². The van der Waals surface area contributed by atoms with Crippen molar-refractivity contribution in [1.82, 2.24) is 4.57 Å². The molecule has 2 aromatic carbocycles. The SMILES string of the molecule is Cc1ccccc1-c1n(C)c2ccccc2[n+]1C. The molecule has 0 atom stereocenters. The van der Waals surface area contributed by atoms with E-state index in [-0.39, 0.29) is 0 Å². The minimum absolute atomic E-state index is 1.24. The molecule has 0 amide bonds. The lowest BCUT2D eigenvalue weighted by atomic mass is 10.1. The maximum absolute atomic E-state index is 2.26. The molecule has 0 aliphatic rings. The van der Waals surface area contributed by atoms with Crippen LogP contribution in [-0.2, 0) is 14.1 Å². The molecule has 0 radical (unpaired) electrons. The maximum Gasteiger partial charge on any atom is 0.289 e. The van der Waals surface area contributed by atoms with Crippen LogP contribution < -0.4 is 4.57 Å². The molecule has 0 saturated carbocycles. The van der Waals surface area contributed by atoms with Gasteiger partial charge in [-0.15, -0.1) is 0 Å². The first kappa shape index (κ1) is 11.0. The lowest BCUT2D eigenvalue weighted by molar-refractivity contribution is -0.634. The van der Waals surface area contributed by atoms with E-state index in [4.69, 9.17) is 0 Å². The number of hydrogen-bond donors (Lipinski definition) is 0. The van der Waals surface area contributed by atoms with E-state index in [1.165, 1.54) is 28.0 Å². The lowest BCUT2D eigenvalue weighted by Crippen LogP contribution is -2.30. The molecule has 3 aromatic rings. The number of nitrogens with zero attached hydrogens (tertiary/aromatic N) is 2. The summed E-state index contributed by atoms with van der Waals surface area (Å²) in [6, 6.07) is 17.0. The average Bonchev–Trinajstić information content (AvgIpc) is 2.64. The molecule has 0 fully saturated rings. The minimum atomic E-state index is 1.24. The van der Waals surface area contributed by atoms with Crippen molar-refractivity contribution in [2.75, 3.05) is 0 Å². The van der Waals surface area contributed by atoms with Gasteiger partial charge >= 0.3 is 0 Å². The van der Waals surface area contributed by atoms with Crippen LogP contribution in [0.4, 0.5) is 0 Å². The molecule has 2 nitrogen and oxygen atoms in total. The van der Waals surface area contributed by atoms with E-state index in [2.05, 4.69) is 78.7 Å². The first-order valence-electron chi connectivity index (χ1n) is 6.19. The lowest BCUT2D eigenvalue weighted by Gasteiger charge is -2.02. The Bertz CT molecular complexity index is 684. The monoisotopic (exact) mass is 237 g/mol.